The van der Waals surface area contributed by atoms with E-state index in [2.05, 4.69) is 13.5 Å². The minimum absolute atomic E-state index is 0.0606. The summed E-state index contributed by atoms with van der Waals surface area (Å²) in [5, 5.41) is 30.8. The van der Waals surface area contributed by atoms with E-state index in [1.165, 1.54) is 24.8 Å². The van der Waals surface area contributed by atoms with Crippen molar-refractivity contribution in [3.63, 3.8) is 0 Å². The minimum atomic E-state index is -2.05. The predicted octanol–water partition coefficient (Wildman–Crippen LogP) is 3.28. The van der Waals surface area contributed by atoms with E-state index in [1.807, 2.05) is 0 Å². The quantitative estimate of drug-likeness (QED) is 0.430. The second-order valence-electron chi connectivity index (χ2n) is 8.66. The highest BCUT2D eigenvalue weighted by Gasteiger charge is 2.54. The molecule has 1 aliphatic heterocycles. The Hall–Kier alpha value is -0.910. The molecule has 26 heavy (non-hydrogen) atoms. The first kappa shape index (κ1) is 19.8. The monoisotopic (exact) mass is 366 g/mol. The van der Waals surface area contributed by atoms with Crippen LogP contribution in [0.3, 0.4) is 0 Å². The van der Waals surface area contributed by atoms with Gasteiger partial charge >= 0.3 is 5.97 Å². The molecule has 0 aromatic rings. The number of aliphatic hydroxyl groups excluding tert-OH is 1. The highest BCUT2D eigenvalue weighted by atomic mass is 16.6. The van der Waals surface area contributed by atoms with Gasteiger partial charge in [0.15, 0.2) is 5.60 Å². The maximum Gasteiger partial charge on any atom is 0.338 e. The van der Waals surface area contributed by atoms with Crippen LogP contribution in [-0.2, 0) is 9.53 Å². The number of carboxylic acids is 1. The van der Waals surface area contributed by atoms with Gasteiger partial charge in [-0.25, -0.2) is 4.79 Å². The van der Waals surface area contributed by atoms with Crippen LogP contribution in [0.15, 0.2) is 12.2 Å². The van der Waals surface area contributed by atoms with E-state index in [9.17, 15) is 20.1 Å². The molecule has 0 aromatic heterocycles. The van der Waals surface area contributed by atoms with Crippen LogP contribution in [0.4, 0.5) is 0 Å². The van der Waals surface area contributed by atoms with Crippen LogP contribution in [0.5, 0.6) is 0 Å². The molecule has 3 rings (SSSR count). The molecule has 1 saturated heterocycles. The van der Waals surface area contributed by atoms with Crippen LogP contribution >= 0.6 is 0 Å². The standard InChI is InChI=1S/C21H34O5/c1-3-6-14-10-9-13(2)16(14)11-17-18(26-17)12-19(22)21(25,20(23)24)15-7-4-5-8-15/h14-19,22,25H,2-12H2,1H3,(H,23,24)/t14-,16-,17+,18?,19?,21?/m0/s1. The number of carboxylic acid groups (broad SMARTS) is 1. The minimum Gasteiger partial charge on any atom is -0.479 e. The van der Waals surface area contributed by atoms with Gasteiger partial charge in [-0.1, -0.05) is 44.8 Å². The Kier molecular flexibility index (Phi) is 6.10. The Labute approximate surface area is 156 Å². The molecular formula is C21H34O5. The van der Waals surface area contributed by atoms with Crippen molar-refractivity contribution in [1.82, 2.24) is 0 Å². The third kappa shape index (κ3) is 3.85. The zero-order valence-electron chi connectivity index (χ0n) is 15.9. The second-order valence-corrected chi connectivity index (χ2v) is 8.66. The zero-order chi connectivity index (χ0) is 18.9. The summed E-state index contributed by atoms with van der Waals surface area (Å²) in [4.78, 5) is 11.7. The molecule has 0 spiro atoms. The highest BCUT2D eigenvalue weighted by Crippen LogP contribution is 2.46. The molecule has 0 radical (unpaired) electrons. The molecular weight excluding hydrogens is 332 g/mol. The fourth-order valence-electron chi connectivity index (χ4n) is 5.37. The molecule has 0 aromatic carbocycles. The molecule has 0 amide bonds. The van der Waals surface area contributed by atoms with Crippen LogP contribution in [0, 0.1) is 17.8 Å². The topological polar surface area (TPSA) is 90.3 Å². The fraction of sp³-hybridized carbons (Fsp3) is 0.857. The van der Waals surface area contributed by atoms with E-state index in [0.29, 0.717) is 24.7 Å². The molecule has 5 nitrogen and oxygen atoms in total. The lowest BCUT2D eigenvalue weighted by Gasteiger charge is -2.34. The molecule has 2 saturated carbocycles. The third-order valence-corrected chi connectivity index (χ3v) is 7.05. The van der Waals surface area contributed by atoms with Crippen molar-refractivity contribution in [2.75, 3.05) is 0 Å². The number of aliphatic carboxylic acids is 1. The van der Waals surface area contributed by atoms with Gasteiger partial charge in [-0.05, 0) is 43.9 Å². The Morgan fingerprint density at radius 1 is 1.31 bits per heavy atom. The maximum atomic E-state index is 11.7. The van der Waals surface area contributed by atoms with Crippen LogP contribution < -0.4 is 0 Å². The number of rotatable bonds is 9. The van der Waals surface area contributed by atoms with Gasteiger partial charge in [0.25, 0.3) is 0 Å². The van der Waals surface area contributed by atoms with Gasteiger partial charge in [0.2, 0.25) is 0 Å². The summed E-state index contributed by atoms with van der Waals surface area (Å²) in [7, 11) is 0. The normalized spacial score (nSPS) is 35.4. The van der Waals surface area contributed by atoms with Gasteiger partial charge in [-0.2, -0.15) is 0 Å². The van der Waals surface area contributed by atoms with E-state index in [4.69, 9.17) is 4.74 Å². The average molecular weight is 366 g/mol. The summed E-state index contributed by atoms with van der Waals surface area (Å²) in [6.45, 7) is 6.44. The van der Waals surface area contributed by atoms with Gasteiger partial charge < -0.3 is 20.1 Å². The van der Waals surface area contributed by atoms with Crippen molar-refractivity contribution in [3.05, 3.63) is 12.2 Å². The smallest absolute Gasteiger partial charge is 0.338 e. The van der Waals surface area contributed by atoms with Crippen molar-refractivity contribution in [3.8, 4) is 0 Å². The van der Waals surface area contributed by atoms with Crippen LogP contribution in [0.25, 0.3) is 0 Å². The summed E-state index contributed by atoms with van der Waals surface area (Å²) in [6, 6.07) is 0. The predicted molar refractivity (Wildman–Crippen MR) is 98.7 cm³/mol. The van der Waals surface area contributed by atoms with Gasteiger partial charge in [0.1, 0.15) is 0 Å². The third-order valence-electron chi connectivity index (χ3n) is 7.05. The SMILES string of the molecule is C=C1CC[C@H](CCC)[C@H]1C[C@H]1OC1CC(O)C(O)(C(=O)O)C1CCCC1. The molecule has 5 heteroatoms. The maximum absolute atomic E-state index is 11.7. The average Bonchev–Trinajstić information content (AvgIpc) is 2.99. The van der Waals surface area contributed by atoms with E-state index in [-0.39, 0.29) is 24.5 Å². The van der Waals surface area contributed by atoms with Gasteiger partial charge in [0, 0.05) is 12.3 Å². The van der Waals surface area contributed by atoms with Gasteiger partial charge in [-0.3, -0.25) is 0 Å². The van der Waals surface area contributed by atoms with Gasteiger partial charge in [0.05, 0.1) is 18.3 Å². The largest absolute Gasteiger partial charge is 0.479 e. The number of carbonyl (C=O) groups is 1. The Morgan fingerprint density at radius 2 is 2.00 bits per heavy atom. The number of epoxide rings is 1. The lowest BCUT2D eigenvalue weighted by molar-refractivity contribution is -0.183. The van der Waals surface area contributed by atoms with Crippen LogP contribution in [-0.4, -0.2) is 45.2 Å². The van der Waals surface area contributed by atoms with Crippen molar-refractivity contribution < 1.29 is 24.9 Å². The molecule has 3 fully saturated rings. The first-order valence-corrected chi connectivity index (χ1v) is 10.3. The molecule has 3 N–H and O–H groups in total. The molecule has 6 atom stereocenters. The van der Waals surface area contributed by atoms with E-state index < -0.39 is 17.7 Å². The van der Waals surface area contributed by atoms with E-state index in [1.54, 1.807) is 0 Å². The molecule has 148 valence electrons. The summed E-state index contributed by atoms with van der Waals surface area (Å²) in [5.74, 6) is -0.510. The molecule has 3 unspecified atom stereocenters. The number of ether oxygens (including phenoxy) is 1. The van der Waals surface area contributed by atoms with Crippen molar-refractivity contribution in [1.29, 1.82) is 0 Å². The lowest BCUT2D eigenvalue weighted by Crippen LogP contribution is -2.55. The van der Waals surface area contributed by atoms with Gasteiger partial charge in [-0.15, -0.1) is 0 Å². The summed E-state index contributed by atoms with van der Waals surface area (Å²) in [6.07, 6.45) is 7.58. The van der Waals surface area contributed by atoms with Crippen LogP contribution in [0.2, 0.25) is 0 Å². The Morgan fingerprint density at radius 3 is 2.62 bits per heavy atom. The summed E-state index contributed by atoms with van der Waals surface area (Å²) >= 11 is 0. The Bertz CT molecular complexity index is 526. The summed E-state index contributed by atoms with van der Waals surface area (Å²) < 4.78 is 5.76. The Balaban J connectivity index is 1.55. The first-order chi connectivity index (χ1) is 12.4. The van der Waals surface area contributed by atoms with E-state index >= 15 is 0 Å². The molecule has 1 heterocycles. The molecule has 2 aliphatic carbocycles. The number of allylic oxidation sites excluding steroid dienone is 1. The first-order valence-electron chi connectivity index (χ1n) is 10.3. The van der Waals surface area contributed by atoms with Crippen molar-refractivity contribution in [2.45, 2.75) is 95.0 Å². The van der Waals surface area contributed by atoms with Crippen molar-refractivity contribution >= 4 is 5.97 Å². The van der Waals surface area contributed by atoms with Crippen molar-refractivity contribution in [2.24, 2.45) is 17.8 Å². The fourth-order valence-corrected chi connectivity index (χ4v) is 5.37. The highest BCUT2D eigenvalue weighted by molar-refractivity contribution is 5.78. The zero-order valence-corrected chi connectivity index (χ0v) is 15.9. The number of hydrogen-bond donors (Lipinski definition) is 3. The number of hydrogen-bond acceptors (Lipinski definition) is 4. The lowest BCUT2D eigenvalue weighted by atomic mass is 9.79. The van der Waals surface area contributed by atoms with Crippen LogP contribution in [0.1, 0.15) is 71.1 Å². The number of aliphatic hydroxyl groups is 2. The molecule has 0 bridgehead atoms. The van der Waals surface area contributed by atoms with E-state index in [0.717, 1.165) is 25.7 Å². The summed E-state index contributed by atoms with van der Waals surface area (Å²) in [5.41, 5.74) is -0.736. The second kappa shape index (κ2) is 7.99. The molecule has 3 aliphatic rings.